The molecule has 0 spiro atoms. The summed E-state index contributed by atoms with van der Waals surface area (Å²) in [7, 11) is 0. The lowest BCUT2D eigenvalue weighted by atomic mass is 10.0. The molecule has 0 radical (unpaired) electrons. The molecule has 0 saturated heterocycles. The number of rotatable bonds is 7. The quantitative estimate of drug-likeness (QED) is 0.163. The van der Waals surface area contributed by atoms with Gasteiger partial charge in [0.05, 0.1) is 5.69 Å². The summed E-state index contributed by atoms with van der Waals surface area (Å²) in [5.41, 5.74) is 9.46. The van der Waals surface area contributed by atoms with Crippen molar-refractivity contribution in [1.82, 2.24) is 0 Å². The first-order chi connectivity index (χ1) is 25.8. The summed E-state index contributed by atoms with van der Waals surface area (Å²) in [6.45, 7) is 0. The standard InChI is InChI=1S/C48H34N2S2/c1-4-13-33(14-5-1)34-23-25-37(26-24-34)49(38-28-30-45-42(31-38)40-19-10-11-21-44(40)51-45)39-27-29-41-47(32-39)52-46-22-12-20-43(48(41)46)50(35-15-6-2-7-16-35)36-17-8-3-9-18-36/h1-2,4-8,10-32H,3,9H2. The van der Waals surface area contributed by atoms with Gasteiger partial charge in [0, 0.05) is 68.8 Å². The molecular formula is C48H34N2S2. The maximum absolute atomic E-state index is 2.43. The maximum atomic E-state index is 2.43. The van der Waals surface area contributed by atoms with Gasteiger partial charge in [-0.15, -0.1) is 22.7 Å². The van der Waals surface area contributed by atoms with Crippen LogP contribution in [0.25, 0.3) is 51.5 Å². The van der Waals surface area contributed by atoms with Crippen LogP contribution in [0.4, 0.5) is 28.4 Å². The number of anilines is 5. The fraction of sp³-hybridized carbons (Fsp3) is 0.0417. The molecule has 0 fully saturated rings. The number of nitrogens with zero attached hydrogens (tertiary/aromatic N) is 2. The number of benzene rings is 7. The molecule has 10 rings (SSSR count). The minimum Gasteiger partial charge on any atom is -0.310 e. The first-order valence-electron chi connectivity index (χ1n) is 17.8. The summed E-state index contributed by atoms with van der Waals surface area (Å²) in [5.74, 6) is 0. The monoisotopic (exact) mass is 702 g/mol. The second kappa shape index (κ2) is 13.0. The Bertz CT molecular complexity index is 2790. The third-order valence-electron chi connectivity index (χ3n) is 10.1. The van der Waals surface area contributed by atoms with Gasteiger partial charge in [0.2, 0.25) is 0 Å². The van der Waals surface area contributed by atoms with Gasteiger partial charge in [-0.25, -0.2) is 0 Å². The van der Waals surface area contributed by atoms with E-state index >= 15 is 0 Å². The fourth-order valence-electron chi connectivity index (χ4n) is 7.62. The zero-order valence-electron chi connectivity index (χ0n) is 28.4. The number of hydrogen-bond donors (Lipinski definition) is 0. The molecule has 248 valence electrons. The fourth-order valence-corrected chi connectivity index (χ4v) is 9.87. The van der Waals surface area contributed by atoms with Gasteiger partial charge in [-0.05, 0) is 103 Å². The van der Waals surface area contributed by atoms with Crippen LogP contribution in [0.5, 0.6) is 0 Å². The van der Waals surface area contributed by atoms with E-state index < -0.39 is 0 Å². The molecule has 0 bridgehead atoms. The highest BCUT2D eigenvalue weighted by Crippen LogP contribution is 2.47. The van der Waals surface area contributed by atoms with Crippen molar-refractivity contribution in [3.8, 4) is 11.1 Å². The van der Waals surface area contributed by atoms with Crippen LogP contribution in [-0.2, 0) is 0 Å². The van der Waals surface area contributed by atoms with E-state index in [1.807, 2.05) is 22.7 Å². The normalized spacial score (nSPS) is 12.9. The Balaban J connectivity index is 1.14. The molecule has 0 saturated carbocycles. The van der Waals surface area contributed by atoms with Crippen LogP contribution < -0.4 is 9.80 Å². The second-order valence-corrected chi connectivity index (χ2v) is 15.4. The van der Waals surface area contributed by atoms with Crippen molar-refractivity contribution in [2.24, 2.45) is 0 Å². The molecule has 7 aromatic carbocycles. The van der Waals surface area contributed by atoms with Crippen molar-refractivity contribution >= 4 is 91.5 Å². The molecule has 0 atom stereocenters. The molecule has 1 aliphatic carbocycles. The van der Waals surface area contributed by atoms with E-state index in [1.165, 1.54) is 68.5 Å². The van der Waals surface area contributed by atoms with E-state index in [2.05, 4.69) is 192 Å². The lowest BCUT2D eigenvalue weighted by molar-refractivity contribution is 0.998. The van der Waals surface area contributed by atoms with Crippen LogP contribution in [0.15, 0.2) is 188 Å². The van der Waals surface area contributed by atoms with Crippen LogP contribution in [0, 0.1) is 0 Å². The summed E-state index contributed by atoms with van der Waals surface area (Å²) in [6, 6.07) is 59.9. The molecule has 52 heavy (non-hydrogen) atoms. The molecule has 4 heteroatoms. The van der Waals surface area contributed by atoms with Crippen molar-refractivity contribution in [1.29, 1.82) is 0 Å². The number of fused-ring (bicyclic) bond motifs is 6. The highest BCUT2D eigenvalue weighted by atomic mass is 32.1. The Labute approximate surface area is 311 Å². The largest absolute Gasteiger partial charge is 0.310 e. The zero-order chi connectivity index (χ0) is 34.4. The van der Waals surface area contributed by atoms with Crippen LogP contribution in [-0.4, -0.2) is 0 Å². The predicted octanol–water partition coefficient (Wildman–Crippen LogP) is 14.9. The average Bonchev–Trinajstić information content (AvgIpc) is 3.78. The first kappa shape index (κ1) is 30.8. The maximum Gasteiger partial charge on any atom is 0.0554 e. The Morgan fingerprint density at radius 2 is 1.06 bits per heavy atom. The Kier molecular flexibility index (Phi) is 7.71. The van der Waals surface area contributed by atoms with E-state index in [9.17, 15) is 0 Å². The van der Waals surface area contributed by atoms with Crippen molar-refractivity contribution < 1.29 is 0 Å². The molecule has 2 aromatic heterocycles. The molecule has 9 aromatic rings. The number of para-hydroxylation sites is 1. The van der Waals surface area contributed by atoms with Gasteiger partial charge >= 0.3 is 0 Å². The van der Waals surface area contributed by atoms with Crippen molar-refractivity contribution in [2.45, 2.75) is 12.8 Å². The average molecular weight is 703 g/mol. The van der Waals surface area contributed by atoms with Gasteiger partial charge in [-0.2, -0.15) is 0 Å². The molecule has 0 unspecified atom stereocenters. The van der Waals surface area contributed by atoms with Crippen molar-refractivity contribution in [3.63, 3.8) is 0 Å². The van der Waals surface area contributed by atoms with Gasteiger partial charge in [-0.3, -0.25) is 0 Å². The summed E-state index contributed by atoms with van der Waals surface area (Å²) in [4.78, 5) is 4.85. The predicted molar refractivity (Wildman–Crippen MR) is 227 cm³/mol. The van der Waals surface area contributed by atoms with E-state index in [1.54, 1.807) is 0 Å². The summed E-state index contributed by atoms with van der Waals surface area (Å²) >= 11 is 3.73. The summed E-state index contributed by atoms with van der Waals surface area (Å²) < 4.78 is 5.19. The lowest BCUT2D eigenvalue weighted by Gasteiger charge is -2.28. The van der Waals surface area contributed by atoms with Crippen LogP contribution >= 0.6 is 22.7 Å². The highest BCUT2D eigenvalue weighted by molar-refractivity contribution is 7.26. The highest BCUT2D eigenvalue weighted by Gasteiger charge is 2.21. The topological polar surface area (TPSA) is 6.48 Å². The third-order valence-corrected chi connectivity index (χ3v) is 12.3. The van der Waals surface area contributed by atoms with Crippen molar-refractivity contribution in [2.75, 3.05) is 9.80 Å². The van der Waals surface area contributed by atoms with Gasteiger partial charge in [0.1, 0.15) is 0 Å². The van der Waals surface area contributed by atoms with E-state index in [-0.39, 0.29) is 0 Å². The van der Waals surface area contributed by atoms with Gasteiger partial charge < -0.3 is 9.80 Å². The smallest absolute Gasteiger partial charge is 0.0554 e. The van der Waals surface area contributed by atoms with Gasteiger partial charge in [0.15, 0.2) is 0 Å². The van der Waals surface area contributed by atoms with Gasteiger partial charge in [-0.1, -0.05) is 103 Å². The van der Waals surface area contributed by atoms with Crippen LogP contribution in [0.1, 0.15) is 12.8 Å². The molecule has 2 nitrogen and oxygen atoms in total. The van der Waals surface area contributed by atoms with Gasteiger partial charge in [0.25, 0.3) is 0 Å². The van der Waals surface area contributed by atoms with E-state index in [0.29, 0.717) is 0 Å². The van der Waals surface area contributed by atoms with Crippen LogP contribution in [0.2, 0.25) is 0 Å². The Hall–Kier alpha value is -5.94. The number of thiophene rings is 2. The molecular weight excluding hydrogens is 669 g/mol. The molecule has 0 N–H and O–H groups in total. The third kappa shape index (κ3) is 5.39. The van der Waals surface area contributed by atoms with E-state index in [0.717, 1.165) is 29.9 Å². The van der Waals surface area contributed by atoms with Crippen LogP contribution in [0.3, 0.4) is 0 Å². The Morgan fingerprint density at radius 1 is 0.404 bits per heavy atom. The lowest BCUT2D eigenvalue weighted by Crippen LogP contribution is -2.16. The summed E-state index contributed by atoms with van der Waals surface area (Å²) in [6.07, 6.45) is 9.07. The SMILES string of the molecule is C1=CC(N(c2ccccc2)c2cccc3sc4cc(N(c5ccc(-c6ccccc6)cc5)c5ccc6sc7ccccc7c6c5)ccc4c23)=CCC1. The molecule has 2 heterocycles. The second-order valence-electron chi connectivity index (χ2n) is 13.2. The van der Waals surface area contributed by atoms with Crippen molar-refractivity contribution in [3.05, 3.63) is 188 Å². The minimum atomic E-state index is 1.05. The molecule has 0 amide bonds. The molecule has 1 aliphatic rings. The summed E-state index contributed by atoms with van der Waals surface area (Å²) in [5, 5.41) is 5.17. The minimum absolute atomic E-state index is 1.05. The van der Waals surface area contributed by atoms with E-state index in [4.69, 9.17) is 0 Å². The zero-order valence-corrected chi connectivity index (χ0v) is 30.1. The Morgan fingerprint density at radius 3 is 1.88 bits per heavy atom. The molecule has 0 aliphatic heterocycles. The number of hydrogen-bond acceptors (Lipinski definition) is 4. The number of allylic oxidation sites excluding steroid dienone is 3. The first-order valence-corrected chi connectivity index (χ1v) is 19.5.